The molecule has 0 radical (unpaired) electrons. The molecule has 0 spiro atoms. The Balaban J connectivity index is 1.67. The predicted octanol–water partition coefficient (Wildman–Crippen LogP) is 3.54. The van der Waals surface area contributed by atoms with E-state index in [-0.39, 0.29) is 11.4 Å². The summed E-state index contributed by atoms with van der Waals surface area (Å²) in [5.41, 5.74) is 0.972. The average Bonchev–Trinajstić information content (AvgIpc) is 3.31. The number of hydrogen-bond donors (Lipinski definition) is 1. The molecule has 2 heterocycles. The highest BCUT2D eigenvalue weighted by molar-refractivity contribution is 7.10. The van der Waals surface area contributed by atoms with Gasteiger partial charge in [-0.2, -0.15) is 0 Å². The molecule has 0 saturated carbocycles. The Bertz CT molecular complexity index is 829. The molecule has 0 aliphatic rings. The number of furan rings is 1. The van der Waals surface area contributed by atoms with Crippen LogP contribution in [0.4, 0.5) is 4.39 Å². The van der Waals surface area contributed by atoms with Crippen molar-refractivity contribution in [3.8, 4) is 0 Å². The van der Waals surface area contributed by atoms with Crippen LogP contribution in [0.3, 0.4) is 0 Å². The van der Waals surface area contributed by atoms with Gasteiger partial charge in [0, 0.05) is 4.88 Å². The first-order valence-electron chi connectivity index (χ1n) is 7.41. The van der Waals surface area contributed by atoms with E-state index < -0.39 is 24.5 Å². The highest BCUT2D eigenvalue weighted by atomic mass is 32.1. The van der Waals surface area contributed by atoms with Gasteiger partial charge >= 0.3 is 5.97 Å². The van der Waals surface area contributed by atoms with E-state index in [9.17, 15) is 14.0 Å². The second kappa shape index (κ2) is 7.76. The van der Waals surface area contributed by atoms with Gasteiger partial charge in [0.1, 0.15) is 12.1 Å². The topological polar surface area (TPSA) is 68.5 Å². The molecule has 0 saturated heterocycles. The molecule has 7 heteroatoms. The summed E-state index contributed by atoms with van der Waals surface area (Å²) in [6, 6.07) is 10.6. The van der Waals surface area contributed by atoms with Crippen LogP contribution in [0, 0.1) is 5.82 Å². The van der Waals surface area contributed by atoms with Crippen LogP contribution in [0.15, 0.2) is 64.8 Å². The summed E-state index contributed by atoms with van der Waals surface area (Å²) < 4.78 is 22.9. The van der Waals surface area contributed by atoms with Crippen molar-refractivity contribution in [1.82, 2.24) is 5.32 Å². The maximum Gasteiger partial charge on any atom is 0.341 e. The normalized spacial score (nSPS) is 11.7. The summed E-state index contributed by atoms with van der Waals surface area (Å²) in [6.07, 6.45) is 2.59. The molecule has 3 aromatic rings. The summed E-state index contributed by atoms with van der Waals surface area (Å²) in [6.45, 7) is -0.424. The Kier molecular flexibility index (Phi) is 5.25. The van der Waals surface area contributed by atoms with E-state index in [0.29, 0.717) is 0 Å². The third-order valence-electron chi connectivity index (χ3n) is 3.43. The van der Waals surface area contributed by atoms with E-state index in [1.54, 1.807) is 12.1 Å². The molecule has 5 nitrogen and oxygen atoms in total. The first-order valence-corrected chi connectivity index (χ1v) is 8.29. The van der Waals surface area contributed by atoms with Gasteiger partial charge in [0.15, 0.2) is 6.61 Å². The lowest BCUT2D eigenvalue weighted by atomic mass is 10.1. The van der Waals surface area contributed by atoms with Crippen molar-refractivity contribution in [2.24, 2.45) is 0 Å². The number of nitrogens with one attached hydrogen (secondary N) is 1. The molecule has 0 aliphatic heterocycles. The molecule has 1 N–H and O–H groups in total. The first-order chi connectivity index (χ1) is 12.1. The van der Waals surface area contributed by atoms with Gasteiger partial charge < -0.3 is 14.5 Å². The zero-order chi connectivity index (χ0) is 17.6. The van der Waals surface area contributed by atoms with Gasteiger partial charge in [0.25, 0.3) is 5.91 Å². The van der Waals surface area contributed by atoms with Gasteiger partial charge in [-0.15, -0.1) is 11.3 Å². The van der Waals surface area contributed by atoms with Crippen LogP contribution in [0.2, 0.25) is 0 Å². The Hall–Kier alpha value is -2.93. The van der Waals surface area contributed by atoms with Crippen molar-refractivity contribution in [3.05, 3.63) is 82.2 Å². The third-order valence-corrected chi connectivity index (χ3v) is 4.36. The molecule has 1 aromatic carbocycles. The van der Waals surface area contributed by atoms with Crippen LogP contribution >= 0.6 is 11.3 Å². The SMILES string of the molecule is O=C(COC(=O)c1ccoc1)N[C@@H](c1ccc(F)cc1)c1cccs1. The third kappa shape index (κ3) is 4.33. The van der Waals surface area contributed by atoms with Gasteiger partial charge in [-0.1, -0.05) is 18.2 Å². The molecule has 3 rings (SSSR count). The highest BCUT2D eigenvalue weighted by Crippen LogP contribution is 2.26. The Labute approximate surface area is 147 Å². The van der Waals surface area contributed by atoms with E-state index in [2.05, 4.69) is 5.32 Å². The fourth-order valence-electron chi connectivity index (χ4n) is 2.23. The number of thiophene rings is 1. The average molecular weight is 359 g/mol. The van der Waals surface area contributed by atoms with Gasteiger partial charge in [0.05, 0.1) is 17.9 Å². The van der Waals surface area contributed by atoms with E-state index >= 15 is 0 Å². The van der Waals surface area contributed by atoms with Crippen molar-refractivity contribution in [3.63, 3.8) is 0 Å². The van der Waals surface area contributed by atoms with Crippen LogP contribution in [0.5, 0.6) is 0 Å². The quantitative estimate of drug-likeness (QED) is 0.684. The van der Waals surface area contributed by atoms with Gasteiger partial charge in [-0.05, 0) is 35.2 Å². The van der Waals surface area contributed by atoms with Crippen molar-refractivity contribution in [1.29, 1.82) is 0 Å². The van der Waals surface area contributed by atoms with E-state index in [0.717, 1.165) is 10.4 Å². The zero-order valence-electron chi connectivity index (χ0n) is 13.0. The number of ether oxygens (including phenoxy) is 1. The van der Waals surface area contributed by atoms with Crippen molar-refractivity contribution in [2.75, 3.05) is 6.61 Å². The molecule has 0 bridgehead atoms. The molecular weight excluding hydrogens is 345 g/mol. The summed E-state index contributed by atoms with van der Waals surface area (Å²) in [4.78, 5) is 24.8. The maximum absolute atomic E-state index is 13.1. The van der Waals surface area contributed by atoms with E-state index in [4.69, 9.17) is 9.15 Å². The van der Waals surface area contributed by atoms with Crippen molar-refractivity contribution < 1.29 is 23.1 Å². The lowest BCUT2D eigenvalue weighted by Gasteiger charge is -2.18. The zero-order valence-corrected chi connectivity index (χ0v) is 13.8. The monoisotopic (exact) mass is 359 g/mol. The van der Waals surface area contributed by atoms with Crippen molar-refractivity contribution >= 4 is 23.2 Å². The second-order valence-corrected chi connectivity index (χ2v) is 6.13. The summed E-state index contributed by atoms with van der Waals surface area (Å²) in [5, 5.41) is 4.69. The largest absolute Gasteiger partial charge is 0.472 e. The fraction of sp³-hybridized carbons (Fsp3) is 0.111. The first kappa shape index (κ1) is 16.9. The van der Waals surface area contributed by atoms with Crippen LogP contribution < -0.4 is 5.32 Å². The molecule has 2 aromatic heterocycles. The van der Waals surface area contributed by atoms with Crippen molar-refractivity contribution in [2.45, 2.75) is 6.04 Å². The second-order valence-electron chi connectivity index (χ2n) is 5.16. The minimum absolute atomic E-state index is 0.237. The molecule has 1 atom stereocenters. The predicted molar refractivity (Wildman–Crippen MR) is 89.7 cm³/mol. The summed E-state index contributed by atoms with van der Waals surface area (Å²) in [7, 11) is 0. The van der Waals surface area contributed by atoms with E-state index in [1.165, 1.54) is 42.1 Å². The number of esters is 1. The molecule has 0 fully saturated rings. The Morgan fingerprint density at radius 1 is 1.20 bits per heavy atom. The standard InChI is InChI=1S/C18H14FNO4S/c19-14-5-3-12(4-6-14)17(15-2-1-9-25-15)20-16(21)11-24-18(22)13-7-8-23-10-13/h1-10,17H,11H2,(H,20,21)/t17-/m0/s1. The number of amides is 1. The van der Waals surface area contributed by atoms with Crippen LogP contribution in [-0.4, -0.2) is 18.5 Å². The Morgan fingerprint density at radius 2 is 2.00 bits per heavy atom. The molecule has 0 unspecified atom stereocenters. The molecule has 25 heavy (non-hydrogen) atoms. The smallest absolute Gasteiger partial charge is 0.341 e. The molecular formula is C18H14FNO4S. The molecule has 128 valence electrons. The van der Waals surface area contributed by atoms with Crippen LogP contribution in [0.1, 0.15) is 26.8 Å². The maximum atomic E-state index is 13.1. The minimum Gasteiger partial charge on any atom is -0.472 e. The lowest BCUT2D eigenvalue weighted by molar-refractivity contribution is -0.124. The Morgan fingerprint density at radius 3 is 2.64 bits per heavy atom. The van der Waals surface area contributed by atoms with Gasteiger partial charge in [0.2, 0.25) is 0 Å². The number of rotatable bonds is 6. The van der Waals surface area contributed by atoms with Gasteiger partial charge in [-0.25, -0.2) is 9.18 Å². The van der Waals surface area contributed by atoms with E-state index in [1.807, 2.05) is 17.5 Å². The number of carbonyl (C=O) groups excluding carboxylic acids is 2. The molecule has 1 amide bonds. The minimum atomic E-state index is -0.640. The lowest BCUT2D eigenvalue weighted by Crippen LogP contribution is -2.32. The summed E-state index contributed by atoms with van der Waals surface area (Å²) >= 11 is 1.47. The highest BCUT2D eigenvalue weighted by Gasteiger charge is 2.19. The number of halogens is 1. The number of carbonyl (C=O) groups is 2. The summed E-state index contributed by atoms with van der Waals surface area (Å²) in [5.74, 6) is -1.45. The number of hydrogen-bond acceptors (Lipinski definition) is 5. The van der Waals surface area contributed by atoms with Crippen LogP contribution in [0.25, 0.3) is 0 Å². The van der Waals surface area contributed by atoms with Crippen LogP contribution in [-0.2, 0) is 9.53 Å². The fourth-order valence-corrected chi connectivity index (χ4v) is 3.03. The number of benzene rings is 1. The van der Waals surface area contributed by atoms with Gasteiger partial charge in [-0.3, -0.25) is 4.79 Å². The molecule has 0 aliphatic carbocycles.